The Hall–Kier alpha value is -3.39. The summed E-state index contributed by atoms with van der Waals surface area (Å²) in [6, 6.07) is 12.8. The standard InChI is InChI=1S/C20H20N4O4/c1-13-2-4-14(5-3-13)17(25)12-24-11-16(22-23-24)20(26)21-15-6-7-18-19(10-15)28-9-8-27-18/h2-7,10-11,17,25H,8-9,12H2,1H3,(H,21,26)/t17-/m0/s1. The van der Waals surface area contributed by atoms with Crippen LogP contribution in [0.1, 0.15) is 27.7 Å². The van der Waals surface area contributed by atoms with Gasteiger partial charge in [0.1, 0.15) is 13.2 Å². The number of hydrogen-bond donors (Lipinski definition) is 2. The molecule has 0 unspecified atom stereocenters. The number of ether oxygens (including phenoxy) is 2. The molecular weight excluding hydrogens is 360 g/mol. The summed E-state index contributed by atoms with van der Waals surface area (Å²) in [5.74, 6) is 0.849. The van der Waals surface area contributed by atoms with E-state index in [0.717, 1.165) is 11.1 Å². The lowest BCUT2D eigenvalue weighted by atomic mass is 10.1. The summed E-state index contributed by atoms with van der Waals surface area (Å²) in [6.45, 7) is 3.17. The van der Waals surface area contributed by atoms with E-state index in [-0.39, 0.29) is 12.2 Å². The van der Waals surface area contributed by atoms with Crippen LogP contribution in [-0.2, 0) is 6.54 Å². The van der Waals surface area contributed by atoms with E-state index >= 15 is 0 Å². The quantitative estimate of drug-likeness (QED) is 0.705. The third-order valence-corrected chi connectivity index (χ3v) is 4.39. The minimum atomic E-state index is -0.740. The molecule has 1 aliphatic rings. The number of aliphatic hydroxyl groups excluding tert-OH is 1. The van der Waals surface area contributed by atoms with E-state index in [9.17, 15) is 9.90 Å². The molecule has 1 aliphatic heterocycles. The number of anilines is 1. The van der Waals surface area contributed by atoms with Crippen LogP contribution < -0.4 is 14.8 Å². The number of nitrogens with one attached hydrogen (secondary N) is 1. The SMILES string of the molecule is Cc1ccc([C@@H](O)Cn2cc(C(=O)Nc3ccc4c(c3)OCCO4)nn2)cc1. The van der Waals surface area contributed by atoms with Crippen LogP contribution in [0, 0.1) is 6.92 Å². The average molecular weight is 380 g/mol. The molecule has 0 spiro atoms. The predicted molar refractivity (Wildman–Crippen MR) is 102 cm³/mol. The molecule has 0 bridgehead atoms. The van der Waals surface area contributed by atoms with E-state index in [0.29, 0.717) is 30.4 Å². The zero-order valence-electron chi connectivity index (χ0n) is 15.3. The minimum absolute atomic E-state index is 0.158. The van der Waals surface area contributed by atoms with Crippen molar-refractivity contribution in [1.29, 1.82) is 0 Å². The maximum Gasteiger partial charge on any atom is 0.277 e. The topological polar surface area (TPSA) is 98.5 Å². The van der Waals surface area contributed by atoms with E-state index < -0.39 is 12.0 Å². The number of aryl methyl sites for hydroxylation is 1. The molecule has 3 aromatic rings. The summed E-state index contributed by atoms with van der Waals surface area (Å²) in [4.78, 5) is 12.4. The van der Waals surface area contributed by atoms with Crippen molar-refractivity contribution in [2.24, 2.45) is 0 Å². The van der Waals surface area contributed by atoms with Gasteiger partial charge in [0.25, 0.3) is 5.91 Å². The summed E-state index contributed by atoms with van der Waals surface area (Å²) >= 11 is 0. The molecule has 2 heterocycles. The molecule has 0 saturated carbocycles. The van der Waals surface area contributed by atoms with Gasteiger partial charge in [-0.2, -0.15) is 0 Å². The Bertz CT molecular complexity index is 984. The van der Waals surface area contributed by atoms with Crippen LogP contribution in [0.5, 0.6) is 11.5 Å². The molecule has 1 aromatic heterocycles. The van der Waals surface area contributed by atoms with Gasteiger partial charge in [-0.25, -0.2) is 4.68 Å². The molecule has 8 heteroatoms. The van der Waals surface area contributed by atoms with Crippen LogP contribution in [0.3, 0.4) is 0 Å². The van der Waals surface area contributed by atoms with Crippen molar-refractivity contribution in [2.75, 3.05) is 18.5 Å². The Labute approximate surface area is 161 Å². The first-order valence-electron chi connectivity index (χ1n) is 8.94. The Morgan fingerprint density at radius 1 is 1.18 bits per heavy atom. The molecule has 2 N–H and O–H groups in total. The van der Waals surface area contributed by atoms with Gasteiger partial charge in [-0.3, -0.25) is 4.79 Å². The number of carbonyl (C=O) groups excluding carboxylic acids is 1. The Morgan fingerprint density at radius 3 is 2.71 bits per heavy atom. The molecule has 2 aromatic carbocycles. The van der Waals surface area contributed by atoms with Crippen molar-refractivity contribution in [3.63, 3.8) is 0 Å². The molecule has 28 heavy (non-hydrogen) atoms. The van der Waals surface area contributed by atoms with Crippen LogP contribution in [0.4, 0.5) is 5.69 Å². The van der Waals surface area contributed by atoms with Crippen molar-refractivity contribution in [3.05, 3.63) is 65.5 Å². The van der Waals surface area contributed by atoms with E-state index in [1.807, 2.05) is 31.2 Å². The summed E-state index contributed by atoms with van der Waals surface area (Å²) < 4.78 is 12.4. The first-order chi connectivity index (χ1) is 13.6. The first kappa shape index (κ1) is 18.0. The number of aromatic nitrogens is 3. The van der Waals surface area contributed by atoms with E-state index in [4.69, 9.17) is 9.47 Å². The van der Waals surface area contributed by atoms with Gasteiger partial charge in [0.2, 0.25) is 0 Å². The largest absolute Gasteiger partial charge is 0.486 e. The van der Waals surface area contributed by atoms with Gasteiger partial charge < -0.3 is 19.9 Å². The van der Waals surface area contributed by atoms with Crippen LogP contribution in [0.25, 0.3) is 0 Å². The van der Waals surface area contributed by atoms with Crippen LogP contribution in [0.2, 0.25) is 0 Å². The van der Waals surface area contributed by atoms with Crippen LogP contribution in [0.15, 0.2) is 48.7 Å². The number of rotatable bonds is 5. The minimum Gasteiger partial charge on any atom is -0.486 e. The van der Waals surface area contributed by atoms with E-state index in [1.165, 1.54) is 10.9 Å². The van der Waals surface area contributed by atoms with Crippen molar-refractivity contribution >= 4 is 11.6 Å². The van der Waals surface area contributed by atoms with Gasteiger partial charge in [0, 0.05) is 11.8 Å². The number of nitrogens with zero attached hydrogens (tertiary/aromatic N) is 3. The fourth-order valence-corrected chi connectivity index (χ4v) is 2.88. The third-order valence-electron chi connectivity index (χ3n) is 4.39. The lowest BCUT2D eigenvalue weighted by Crippen LogP contribution is -2.16. The number of fused-ring (bicyclic) bond motifs is 1. The number of benzene rings is 2. The number of hydrogen-bond acceptors (Lipinski definition) is 6. The van der Waals surface area contributed by atoms with Crippen LogP contribution in [-0.4, -0.2) is 39.2 Å². The molecule has 0 aliphatic carbocycles. The maximum absolute atomic E-state index is 12.4. The molecule has 0 fully saturated rings. The van der Waals surface area contributed by atoms with Gasteiger partial charge in [0.05, 0.1) is 18.8 Å². The fourth-order valence-electron chi connectivity index (χ4n) is 2.88. The Kier molecular flexibility index (Phi) is 4.94. The van der Waals surface area contributed by atoms with Gasteiger partial charge in [-0.05, 0) is 24.6 Å². The molecule has 1 amide bonds. The summed E-state index contributed by atoms with van der Waals surface area (Å²) in [5, 5.41) is 20.9. The van der Waals surface area contributed by atoms with Crippen molar-refractivity contribution in [3.8, 4) is 11.5 Å². The molecule has 0 saturated heterocycles. The van der Waals surface area contributed by atoms with Crippen molar-refractivity contribution in [1.82, 2.24) is 15.0 Å². The normalized spacial score (nSPS) is 13.8. The highest BCUT2D eigenvalue weighted by Gasteiger charge is 2.16. The number of carbonyl (C=O) groups is 1. The molecule has 1 atom stereocenters. The molecule has 0 radical (unpaired) electrons. The number of amides is 1. The van der Waals surface area contributed by atoms with Crippen LogP contribution >= 0.6 is 0 Å². The third kappa shape index (κ3) is 3.96. The highest BCUT2D eigenvalue weighted by atomic mass is 16.6. The highest BCUT2D eigenvalue weighted by molar-refractivity contribution is 6.02. The molecule has 4 rings (SSSR count). The average Bonchev–Trinajstić information content (AvgIpc) is 3.17. The van der Waals surface area contributed by atoms with Gasteiger partial charge in [-0.15, -0.1) is 5.10 Å². The first-order valence-corrected chi connectivity index (χ1v) is 8.94. The van der Waals surface area contributed by atoms with Crippen molar-refractivity contribution < 1.29 is 19.4 Å². The number of aliphatic hydroxyl groups is 1. The zero-order chi connectivity index (χ0) is 19.5. The smallest absolute Gasteiger partial charge is 0.277 e. The monoisotopic (exact) mass is 380 g/mol. The molecule has 8 nitrogen and oxygen atoms in total. The van der Waals surface area contributed by atoms with E-state index in [1.54, 1.807) is 18.2 Å². The van der Waals surface area contributed by atoms with Gasteiger partial charge in [0.15, 0.2) is 17.2 Å². The second-order valence-electron chi connectivity index (χ2n) is 6.56. The lowest BCUT2D eigenvalue weighted by Gasteiger charge is -2.18. The van der Waals surface area contributed by atoms with E-state index in [2.05, 4.69) is 15.6 Å². The Morgan fingerprint density at radius 2 is 1.93 bits per heavy atom. The molecule has 144 valence electrons. The fraction of sp³-hybridized carbons (Fsp3) is 0.250. The Balaban J connectivity index is 1.40. The van der Waals surface area contributed by atoms with Gasteiger partial charge in [-0.1, -0.05) is 35.0 Å². The second kappa shape index (κ2) is 7.69. The summed E-state index contributed by atoms with van der Waals surface area (Å²) in [7, 11) is 0. The predicted octanol–water partition coefficient (Wildman–Crippen LogP) is 2.34. The zero-order valence-corrected chi connectivity index (χ0v) is 15.3. The second-order valence-corrected chi connectivity index (χ2v) is 6.56. The van der Waals surface area contributed by atoms with Crippen molar-refractivity contribution in [2.45, 2.75) is 19.6 Å². The van der Waals surface area contributed by atoms with Gasteiger partial charge >= 0.3 is 0 Å². The summed E-state index contributed by atoms with van der Waals surface area (Å²) in [5.41, 5.74) is 2.63. The highest BCUT2D eigenvalue weighted by Crippen LogP contribution is 2.32. The lowest BCUT2D eigenvalue weighted by molar-refractivity contribution is 0.102. The maximum atomic E-state index is 12.4. The summed E-state index contributed by atoms with van der Waals surface area (Å²) in [6.07, 6.45) is 0.765. The molecular formula is C20H20N4O4.